The van der Waals surface area contributed by atoms with Crippen molar-refractivity contribution in [1.82, 2.24) is 9.97 Å². The Labute approximate surface area is 180 Å². The van der Waals surface area contributed by atoms with Crippen LogP contribution in [0.3, 0.4) is 0 Å². The Bertz CT molecular complexity index is 1380. The second-order valence-electron chi connectivity index (χ2n) is 6.48. The molecule has 1 amide bonds. The molecule has 5 nitrogen and oxygen atoms in total. The molecule has 5 rings (SSSR count). The molecular formula is C23H14N3O2Pt-. The van der Waals surface area contributed by atoms with Gasteiger partial charge >= 0.3 is 0 Å². The fourth-order valence-electron chi connectivity index (χ4n) is 3.38. The zero-order chi connectivity index (χ0) is 19.1. The molecule has 0 spiro atoms. The number of carbonyl (C=O) groups excluding carboxylic acids is 1. The summed E-state index contributed by atoms with van der Waals surface area (Å²) in [5.41, 5.74) is 2.00. The summed E-state index contributed by atoms with van der Waals surface area (Å²) in [6.45, 7) is 0. The summed E-state index contributed by atoms with van der Waals surface area (Å²) >= 11 is 0. The average Bonchev–Trinajstić information content (AvgIpc) is 2.74. The molecule has 0 radical (unpaired) electrons. The Morgan fingerprint density at radius 1 is 0.793 bits per heavy atom. The van der Waals surface area contributed by atoms with Crippen LogP contribution in [-0.4, -0.2) is 21.0 Å². The first-order valence-electron chi connectivity index (χ1n) is 8.82. The molecular weight excluding hydrogens is 545 g/mol. The van der Waals surface area contributed by atoms with Crippen molar-refractivity contribution in [2.24, 2.45) is 0 Å². The number of hydrogen-bond donors (Lipinski definition) is 1. The van der Waals surface area contributed by atoms with Crippen molar-refractivity contribution in [1.29, 1.82) is 0 Å². The zero-order valence-electron chi connectivity index (χ0n) is 15.0. The van der Waals surface area contributed by atoms with Gasteiger partial charge in [0.2, 0.25) is 0 Å². The van der Waals surface area contributed by atoms with Gasteiger partial charge in [0, 0.05) is 43.4 Å². The van der Waals surface area contributed by atoms with E-state index in [1.807, 2.05) is 42.5 Å². The van der Waals surface area contributed by atoms with Gasteiger partial charge in [-0.05, 0) is 23.6 Å². The van der Waals surface area contributed by atoms with E-state index in [1.165, 1.54) is 6.07 Å². The van der Waals surface area contributed by atoms with Crippen molar-refractivity contribution in [3.63, 3.8) is 0 Å². The van der Waals surface area contributed by atoms with Crippen LogP contribution in [0, 0.1) is 0 Å². The second kappa shape index (κ2) is 7.61. The SMILES string of the molecule is O=C([N-]c1ccccc1O)c1ccc2ccc3ccc4cccnc4c3c2n1.[Pt]. The molecule has 144 valence electrons. The van der Waals surface area contributed by atoms with Gasteiger partial charge in [0.15, 0.2) is 0 Å². The molecule has 0 aliphatic rings. The van der Waals surface area contributed by atoms with Crippen LogP contribution in [0.25, 0.3) is 37.9 Å². The zero-order valence-corrected chi connectivity index (χ0v) is 17.3. The largest absolute Gasteiger partial charge is 0.618 e. The standard InChI is InChI=1S/C23H15N3O2.Pt/c27-19-6-2-1-5-17(19)26-23(28)18-12-11-16-10-8-14-7-9-15-4-3-13-24-21(15)20(14)22(16)25-18;/h1-13H,(H2,24,25,26,27,28);/p-1. The number of fused-ring (bicyclic) bond motifs is 5. The van der Waals surface area contributed by atoms with Crippen LogP contribution < -0.4 is 0 Å². The van der Waals surface area contributed by atoms with Crippen LogP contribution in [-0.2, 0) is 21.1 Å². The number of hydrogen-bond acceptors (Lipinski definition) is 4. The normalized spacial score (nSPS) is 10.8. The topological polar surface area (TPSA) is 77.2 Å². The number of rotatable bonds is 2. The van der Waals surface area contributed by atoms with Crippen LogP contribution in [0.1, 0.15) is 10.5 Å². The summed E-state index contributed by atoms with van der Waals surface area (Å²) < 4.78 is 0. The van der Waals surface area contributed by atoms with Gasteiger partial charge < -0.3 is 15.2 Å². The quantitative estimate of drug-likeness (QED) is 0.291. The van der Waals surface area contributed by atoms with Gasteiger partial charge in [-0.15, -0.1) is 0 Å². The number of amides is 1. The van der Waals surface area contributed by atoms with Crippen LogP contribution in [0.4, 0.5) is 5.69 Å². The summed E-state index contributed by atoms with van der Waals surface area (Å²) in [6.07, 6.45) is 1.75. The fraction of sp³-hybridized carbons (Fsp3) is 0. The molecule has 2 aromatic heterocycles. The monoisotopic (exact) mass is 559 g/mol. The molecule has 1 N–H and O–H groups in total. The number of para-hydroxylation sites is 2. The van der Waals surface area contributed by atoms with Crippen molar-refractivity contribution < 1.29 is 31.0 Å². The Hall–Kier alpha value is -3.30. The van der Waals surface area contributed by atoms with Gasteiger partial charge in [0.05, 0.1) is 16.7 Å². The van der Waals surface area contributed by atoms with E-state index in [0.717, 1.165) is 27.1 Å². The molecule has 2 heterocycles. The number of pyridine rings is 2. The predicted octanol–water partition coefficient (Wildman–Crippen LogP) is 5.48. The molecule has 3 aromatic carbocycles. The number of phenols is 1. The van der Waals surface area contributed by atoms with Gasteiger partial charge in [-0.25, -0.2) is 4.98 Å². The van der Waals surface area contributed by atoms with E-state index < -0.39 is 5.91 Å². The molecule has 0 atom stereocenters. The molecule has 0 fully saturated rings. The van der Waals surface area contributed by atoms with Crippen molar-refractivity contribution >= 4 is 44.2 Å². The van der Waals surface area contributed by atoms with Gasteiger partial charge in [-0.2, -0.15) is 0 Å². The molecule has 0 aliphatic carbocycles. The van der Waals surface area contributed by atoms with Crippen LogP contribution in [0.15, 0.2) is 79.0 Å². The summed E-state index contributed by atoms with van der Waals surface area (Å²) in [5, 5.41) is 17.7. The van der Waals surface area contributed by atoms with Gasteiger partial charge in [0.1, 0.15) is 11.7 Å². The van der Waals surface area contributed by atoms with E-state index in [9.17, 15) is 9.90 Å². The second-order valence-corrected chi connectivity index (χ2v) is 6.48. The minimum absolute atomic E-state index is 0. The molecule has 5 aromatic rings. The van der Waals surface area contributed by atoms with Crippen LogP contribution in [0.2, 0.25) is 0 Å². The molecule has 0 unspecified atom stereocenters. The Balaban J connectivity index is 0.00000205. The van der Waals surface area contributed by atoms with E-state index >= 15 is 0 Å². The summed E-state index contributed by atoms with van der Waals surface area (Å²) in [6, 6.07) is 21.9. The number of carbonyl (C=O) groups is 1. The van der Waals surface area contributed by atoms with Crippen molar-refractivity contribution in [2.45, 2.75) is 0 Å². The third-order valence-corrected chi connectivity index (χ3v) is 4.74. The van der Waals surface area contributed by atoms with Gasteiger partial charge in [-0.1, -0.05) is 60.3 Å². The minimum Gasteiger partial charge on any atom is -0.618 e. The first-order valence-corrected chi connectivity index (χ1v) is 8.82. The third kappa shape index (κ3) is 3.34. The van der Waals surface area contributed by atoms with Crippen molar-refractivity contribution in [3.8, 4) is 5.75 Å². The Kier molecular flexibility index (Phi) is 4.99. The van der Waals surface area contributed by atoms with Crippen LogP contribution >= 0.6 is 0 Å². The van der Waals surface area contributed by atoms with E-state index in [1.54, 1.807) is 30.5 Å². The maximum Gasteiger partial charge on any atom is 0.104 e. The average molecular weight is 559 g/mol. The van der Waals surface area contributed by atoms with E-state index in [2.05, 4.69) is 15.3 Å². The summed E-state index contributed by atoms with van der Waals surface area (Å²) in [5.74, 6) is -0.550. The number of aromatic nitrogens is 2. The number of nitrogens with zero attached hydrogens (tertiary/aromatic N) is 3. The molecule has 0 saturated heterocycles. The fourth-order valence-corrected chi connectivity index (χ4v) is 3.38. The first-order chi connectivity index (χ1) is 13.7. The predicted molar refractivity (Wildman–Crippen MR) is 110 cm³/mol. The maximum atomic E-state index is 12.7. The minimum atomic E-state index is -0.506. The molecule has 6 heteroatoms. The Morgan fingerprint density at radius 3 is 2.28 bits per heavy atom. The van der Waals surface area contributed by atoms with Crippen molar-refractivity contribution in [2.75, 3.05) is 0 Å². The van der Waals surface area contributed by atoms with E-state index in [0.29, 0.717) is 5.52 Å². The van der Waals surface area contributed by atoms with Crippen LogP contribution in [0.5, 0.6) is 5.75 Å². The summed E-state index contributed by atoms with van der Waals surface area (Å²) in [7, 11) is 0. The number of phenolic OH excluding ortho intramolecular Hbond substituents is 1. The molecule has 0 bridgehead atoms. The Morgan fingerprint density at radius 2 is 1.48 bits per heavy atom. The first kappa shape index (κ1) is 19.0. The van der Waals surface area contributed by atoms with E-state index in [-0.39, 0.29) is 38.2 Å². The number of benzene rings is 3. The third-order valence-electron chi connectivity index (χ3n) is 4.74. The summed E-state index contributed by atoms with van der Waals surface area (Å²) in [4.78, 5) is 21.8. The maximum absolute atomic E-state index is 12.7. The van der Waals surface area contributed by atoms with E-state index in [4.69, 9.17) is 0 Å². The van der Waals surface area contributed by atoms with Gasteiger partial charge in [0.25, 0.3) is 0 Å². The van der Waals surface area contributed by atoms with Gasteiger partial charge in [-0.3, -0.25) is 4.98 Å². The number of aromatic hydroxyl groups is 1. The molecule has 0 aliphatic heterocycles. The van der Waals surface area contributed by atoms with Crippen molar-refractivity contribution in [3.05, 3.63) is 90.0 Å². The molecule has 29 heavy (non-hydrogen) atoms. The smallest absolute Gasteiger partial charge is 0.104 e. The molecule has 0 saturated carbocycles.